The van der Waals surface area contributed by atoms with E-state index in [1.54, 1.807) is 12.4 Å². The summed E-state index contributed by atoms with van der Waals surface area (Å²) in [4.78, 5) is 8.55. The molecule has 4 heteroatoms. The van der Waals surface area contributed by atoms with Gasteiger partial charge in [0, 0.05) is 5.54 Å². The second-order valence-corrected chi connectivity index (χ2v) is 8.65. The zero-order valence-corrected chi connectivity index (χ0v) is 13.0. The van der Waals surface area contributed by atoms with Crippen molar-refractivity contribution in [1.82, 2.24) is 9.97 Å². The van der Waals surface area contributed by atoms with E-state index in [2.05, 4.69) is 29.1 Å². The molecule has 20 heavy (non-hydrogen) atoms. The number of hydrogen-bond acceptors (Lipinski definition) is 3. The van der Waals surface area contributed by atoms with Crippen LogP contribution in [0.4, 0.5) is 5.82 Å². The second-order valence-electron chi connectivity index (χ2n) is 8.26. The first-order valence-corrected chi connectivity index (χ1v) is 8.01. The van der Waals surface area contributed by atoms with Gasteiger partial charge < -0.3 is 5.32 Å². The highest BCUT2D eigenvalue weighted by molar-refractivity contribution is 6.29. The van der Waals surface area contributed by atoms with E-state index >= 15 is 0 Å². The van der Waals surface area contributed by atoms with Crippen LogP contribution in [0.1, 0.15) is 52.4 Å². The largest absolute Gasteiger partial charge is 0.363 e. The molecule has 2 unspecified atom stereocenters. The summed E-state index contributed by atoms with van der Waals surface area (Å²) in [5, 5.41) is 4.19. The van der Waals surface area contributed by atoms with Crippen LogP contribution in [-0.4, -0.2) is 15.5 Å². The van der Waals surface area contributed by atoms with Gasteiger partial charge in [-0.25, -0.2) is 4.98 Å². The number of hydrogen-bond donors (Lipinski definition) is 1. The van der Waals surface area contributed by atoms with Crippen molar-refractivity contribution in [2.75, 3.05) is 5.32 Å². The Hall–Kier alpha value is -0.830. The summed E-state index contributed by atoms with van der Waals surface area (Å²) < 4.78 is 0. The summed E-state index contributed by atoms with van der Waals surface area (Å²) in [6.45, 7) is 4.96. The topological polar surface area (TPSA) is 37.8 Å². The van der Waals surface area contributed by atoms with E-state index in [1.165, 1.54) is 38.5 Å². The Bertz CT molecular complexity index is 540. The van der Waals surface area contributed by atoms with Crippen LogP contribution in [0.5, 0.6) is 0 Å². The van der Waals surface area contributed by atoms with Crippen molar-refractivity contribution in [3.8, 4) is 0 Å². The Morgan fingerprint density at radius 3 is 2.40 bits per heavy atom. The number of nitrogens with one attached hydrogen (secondary N) is 1. The molecular weight excluding hydrogens is 270 g/mol. The molecule has 4 bridgehead atoms. The monoisotopic (exact) mass is 291 g/mol. The molecule has 0 radical (unpaired) electrons. The van der Waals surface area contributed by atoms with Crippen molar-refractivity contribution < 1.29 is 0 Å². The molecule has 4 fully saturated rings. The molecule has 0 aromatic carbocycles. The molecule has 1 aromatic heterocycles. The molecule has 4 aliphatic rings. The van der Waals surface area contributed by atoms with Crippen LogP contribution in [0.25, 0.3) is 0 Å². The quantitative estimate of drug-likeness (QED) is 0.883. The van der Waals surface area contributed by atoms with E-state index in [0.29, 0.717) is 16.0 Å². The Balaban J connectivity index is 1.67. The van der Waals surface area contributed by atoms with Gasteiger partial charge in [-0.3, -0.25) is 4.98 Å². The fourth-order valence-corrected chi connectivity index (χ4v) is 6.41. The fraction of sp³-hybridized carbons (Fsp3) is 0.750. The summed E-state index contributed by atoms with van der Waals surface area (Å²) >= 11 is 5.97. The van der Waals surface area contributed by atoms with Crippen LogP contribution in [0.2, 0.25) is 5.15 Å². The van der Waals surface area contributed by atoms with Crippen LogP contribution >= 0.6 is 11.6 Å². The zero-order valence-electron chi connectivity index (χ0n) is 12.2. The first-order chi connectivity index (χ1) is 9.38. The summed E-state index contributed by atoms with van der Waals surface area (Å²) in [6.07, 6.45) is 11.4. The van der Waals surface area contributed by atoms with Gasteiger partial charge >= 0.3 is 0 Å². The van der Waals surface area contributed by atoms with Crippen LogP contribution in [0.15, 0.2) is 12.4 Å². The normalized spacial score (nSPS) is 45.6. The first kappa shape index (κ1) is 12.9. The highest BCUT2D eigenvalue weighted by Crippen LogP contribution is 2.66. The maximum Gasteiger partial charge on any atom is 0.149 e. The SMILES string of the molecule is CC12CC3CC(C)(C1)CC(Nc1cncc(Cl)n1)(C3)C2. The van der Waals surface area contributed by atoms with Crippen LogP contribution in [-0.2, 0) is 0 Å². The maximum atomic E-state index is 5.97. The van der Waals surface area contributed by atoms with E-state index in [4.69, 9.17) is 11.6 Å². The molecule has 0 saturated heterocycles. The van der Waals surface area contributed by atoms with Gasteiger partial charge in [-0.15, -0.1) is 0 Å². The minimum Gasteiger partial charge on any atom is -0.363 e. The van der Waals surface area contributed by atoms with Gasteiger partial charge in [0.1, 0.15) is 11.0 Å². The Morgan fingerprint density at radius 1 is 1.10 bits per heavy atom. The Kier molecular flexibility index (Phi) is 2.50. The van der Waals surface area contributed by atoms with E-state index in [1.807, 2.05) is 0 Å². The fourth-order valence-electron chi connectivity index (χ4n) is 6.26. The third kappa shape index (κ3) is 2.02. The molecule has 2 atom stereocenters. The molecule has 1 aromatic rings. The highest BCUT2D eigenvalue weighted by atomic mass is 35.5. The lowest BCUT2D eigenvalue weighted by molar-refractivity contribution is -0.0974. The first-order valence-electron chi connectivity index (χ1n) is 7.64. The van der Waals surface area contributed by atoms with Gasteiger partial charge in [-0.2, -0.15) is 0 Å². The van der Waals surface area contributed by atoms with Gasteiger partial charge in [0.15, 0.2) is 0 Å². The number of anilines is 1. The van der Waals surface area contributed by atoms with Gasteiger partial charge in [0.05, 0.1) is 12.4 Å². The number of halogens is 1. The van der Waals surface area contributed by atoms with Gasteiger partial charge in [-0.05, 0) is 55.3 Å². The van der Waals surface area contributed by atoms with Gasteiger partial charge in [0.2, 0.25) is 0 Å². The molecule has 3 nitrogen and oxygen atoms in total. The van der Waals surface area contributed by atoms with E-state index < -0.39 is 0 Å². The number of rotatable bonds is 2. The number of aromatic nitrogens is 2. The van der Waals surface area contributed by atoms with E-state index in [0.717, 1.165) is 11.7 Å². The summed E-state index contributed by atoms with van der Waals surface area (Å²) in [6, 6.07) is 0. The minimum atomic E-state index is 0.211. The zero-order chi connectivity index (χ0) is 14.0. The molecule has 0 spiro atoms. The lowest BCUT2D eigenvalue weighted by Crippen LogP contribution is -2.61. The molecule has 1 N–H and O–H groups in total. The Labute approximate surface area is 125 Å². The van der Waals surface area contributed by atoms with Crippen molar-refractivity contribution in [3.05, 3.63) is 17.5 Å². The molecule has 4 saturated carbocycles. The average Bonchev–Trinajstić information content (AvgIpc) is 2.22. The van der Waals surface area contributed by atoms with Crippen LogP contribution in [0.3, 0.4) is 0 Å². The van der Waals surface area contributed by atoms with Gasteiger partial charge in [0.25, 0.3) is 0 Å². The van der Waals surface area contributed by atoms with Crippen molar-refractivity contribution in [2.45, 2.75) is 57.9 Å². The molecule has 108 valence electrons. The van der Waals surface area contributed by atoms with Crippen LogP contribution in [0, 0.1) is 16.7 Å². The van der Waals surface area contributed by atoms with Crippen molar-refractivity contribution in [2.24, 2.45) is 16.7 Å². The Morgan fingerprint density at radius 2 is 1.80 bits per heavy atom. The third-order valence-electron chi connectivity index (χ3n) is 5.62. The minimum absolute atomic E-state index is 0.211. The van der Waals surface area contributed by atoms with Gasteiger partial charge in [-0.1, -0.05) is 25.4 Å². The molecule has 1 heterocycles. The lowest BCUT2D eigenvalue weighted by Gasteiger charge is -2.65. The van der Waals surface area contributed by atoms with Crippen molar-refractivity contribution in [3.63, 3.8) is 0 Å². The summed E-state index contributed by atoms with van der Waals surface area (Å²) in [5.74, 6) is 1.72. The average molecular weight is 292 g/mol. The maximum absolute atomic E-state index is 5.97. The third-order valence-corrected chi connectivity index (χ3v) is 5.81. The highest BCUT2D eigenvalue weighted by Gasteiger charge is 2.60. The number of nitrogens with zero attached hydrogens (tertiary/aromatic N) is 2. The van der Waals surface area contributed by atoms with Crippen molar-refractivity contribution >= 4 is 17.4 Å². The lowest BCUT2D eigenvalue weighted by atomic mass is 9.43. The summed E-state index contributed by atoms with van der Waals surface area (Å²) in [5.41, 5.74) is 1.22. The molecule has 0 aliphatic heterocycles. The second kappa shape index (κ2) is 3.88. The standard InChI is InChI=1S/C16H22ClN3/c1-14-3-11-4-15(2,8-14)10-16(5-11,9-14)20-13-7-18-6-12(17)19-13/h6-7,11H,3-5,8-10H2,1-2H3,(H,19,20). The smallest absolute Gasteiger partial charge is 0.149 e. The molecular formula is C16H22ClN3. The molecule has 5 rings (SSSR count). The summed E-state index contributed by atoms with van der Waals surface area (Å²) in [7, 11) is 0. The molecule has 0 amide bonds. The van der Waals surface area contributed by atoms with Crippen LogP contribution < -0.4 is 5.32 Å². The van der Waals surface area contributed by atoms with E-state index in [9.17, 15) is 0 Å². The van der Waals surface area contributed by atoms with E-state index in [-0.39, 0.29) is 5.54 Å². The van der Waals surface area contributed by atoms with Crippen molar-refractivity contribution in [1.29, 1.82) is 0 Å². The predicted octanol–water partition coefficient (Wildman–Crippen LogP) is 4.29. The molecule has 4 aliphatic carbocycles. The predicted molar refractivity (Wildman–Crippen MR) is 80.8 cm³/mol.